The van der Waals surface area contributed by atoms with Gasteiger partial charge in [0.2, 0.25) is 11.8 Å². The number of likely N-dealkylation sites (tertiary alicyclic amines) is 1. The molecule has 0 unspecified atom stereocenters. The molecule has 2 aliphatic rings. The van der Waals surface area contributed by atoms with Gasteiger partial charge in [0, 0.05) is 13.5 Å². The fourth-order valence-electron chi connectivity index (χ4n) is 5.05. The van der Waals surface area contributed by atoms with E-state index in [1.807, 2.05) is 0 Å². The van der Waals surface area contributed by atoms with Crippen molar-refractivity contribution in [2.24, 2.45) is 0 Å². The maximum absolute atomic E-state index is 15.3. The minimum Gasteiger partial charge on any atom is -0.479 e. The van der Waals surface area contributed by atoms with Crippen LogP contribution in [-0.2, 0) is 11.3 Å². The van der Waals surface area contributed by atoms with Crippen LogP contribution in [0.3, 0.4) is 0 Å². The SMILES string of the molecule is COc1nc(N[C@@H]2CCN(C3COC3)CC2(F)F)nn2cc(F)c(-c3ccc4nnn(CC(C)(F)F)c4c3)c12. The van der Waals surface area contributed by atoms with Gasteiger partial charge in [-0.15, -0.1) is 10.2 Å². The van der Waals surface area contributed by atoms with Gasteiger partial charge in [-0.3, -0.25) is 4.90 Å². The van der Waals surface area contributed by atoms with Gasteiger partial charge in [-0.2, -0.15) is 4.98 Å². The Morgan fingerprint density at radius 1 is 1.26 bits per heavy atom. The van der Waals surface area contributed by atoms with E-state index in [0.717, 1.165) is 22.3 Å². The Morgan fingerprint density at radius 2 is 2.05 bits per heavy atom. The van der Waals surface area contributed by atoms with Gasteiger partial charge in [0.1, 0.15) is 17.6 Å². The van der Waals surface area contributed by atoms with Gasteiger partial charge in [-0.25, -0.2) is 31.1 Å². The fraction of sp³-hybridized carbons (Fsp3) is 0.500. The molecule has 1 atom stereocenters. The lowest BCUT2D eigenvalue weighted by molar-refractivity contribution is -0.131. The number of aromatic nitrogens is 6. The van der Waals surface area contributed by atoms with Crippen LogP contribution < -0.4 is 10.1 Å². The first-order chi connectivity index (χ1) is 18.5. The van der Waals surface area contributed by atoms with Crippen molar-refractivity contribution in [2.45, 2.75) is 43.8 Å². The lowest BCUT2D eigenvalue weighted by atomic mass is 9.98. The molecule has 5 heterocycles. The van der Waals surface area contributed by atoms with E-state index in [1.54, 1.807) is 17.0 Å². The minimum absolute atomic E-state index is 0.00195. The van der Waals surface area contributed by atoms with Crippen LogP contribution in [-0.4, -0.2) is 91.8 Å². The number of hydrogen-bond donors (Lipinski definition) is 1. The summed E-state index contributed by atoms with van der Waals surface area (Å²) in [5.41, 5.74) is 1.17. The van der Waals surface area contributed by atoms with E-state index < -0.39 is 36.8 Å². The number of rotatable bonds is 7. The largest absolute Gasteiger partial charge is 0.479 e. The van der Waals surface area contributed by atoms with E-state index >= 15 is 4.39 Å². The average Bonchev–Trinajstić information content (AvgIpc) is 3.37. The first-order valence-electron chi connectivity index (χ1n) is 12.3. The molecule has 0 radical (unpaired) electrons. The zero-order valence-corrected chi connectivity index (χ0v) is 21.0. The van der Waals surface area contributed by atoms with Gasteiger partial charge in [0.25, 0.3) is 11.8 Å². The molecule has 0 amide bonds. The Balaban J connectivity index is 1.33. The zero-order chi connectivity index (χ0) is 27.5. The second-order valence-electron chi connectivity index (χ2n) is 10.0. The molecule has 1 aromatic carbocycles. The number of ether oxygens (including phenoxy) is 2. The van der Waals surface area contributed by atoms with Gasteiger partial charge in [-0.1, -0.05) is 11.3 Å². The number of methoxy groups -OCH3 is 1. The third-order valence-electron chi connectivity index (χ3n) is 7.05. The number of nitrogens with zero attached hydrogens (tertiary/aromatic N) is 7. The van der Waals surface area contributed by atoms with E-state index in [1.165, 1.54) is 13.2 Å². The predicted molar refractivity (Wildman–Crippen MR) is 130 cm³/mol. The molecule has 6 rings (SSSR count). The first-order valence-corrected chi connectivity index (χ1v) is 12.3. The van der Waals surface area contributed by atoms with Crippen molar-refractivity contribution < 1.29 is 31.4 Å². The number of piperidine rings is 1. The second-order valence-corrected chi connectivity index (χ2v) is 10.0. The summed E-state index contributed by atoms with van der Waals surface area (Å²) in [6.45, 7) is 0.999. The summed E-state index contributed by atoms with van der Waals surface area (Å²) >= 11 is 0. The molecular weight excluding hydrogens is 527 g/mol. The summed E-state index contributed by atoms with van der Waals surface area (Å²) in [5, 5.41) is 14.6. The molecule has 208 valence electrons. The van der Waals surface area contributed by atoms with E-state index in [0.29, 0.717) is 30.8 Å². The fourth-order valence-corrected chi connectivity index (χ4v) is 5.05. The summed E-state index contributed by atoms with van der Waals surface area (Å²) < 4.78 is 85.3. The van der Waals surface area contributed by atoms with Gasteiger partial charge in [0.15, 0.2) is 5.82 Å². The average molecular weight is 553 g/mol. The molecule has 2 saturated heterocycles. The van der Waals surface area contributed by atoms with Crippen molar-refractivity contribution in [1.82, 2.24) is 34.5 Å². The summed E-state index contributed by atoms with van der Waals surface area (Å²) in [5.74, 6) is -6.99. The minimum atomic E-state index is -3.06. The zero-order valence-electron chi connectivity index (χ0n) is 21.0. The topological polar surface area (TPSA) is 94.6 Å². The van der Waals surface area contributed by atoms with Crippen LogP contribution >= 0.6 is 0 Å². The number of alkyl halides is 4. The molecule has 15 heteroatoms. The standard InChI is InChI=1S/C24H25F5N8O2/c1-23(26,27)11-37-17-7-13(3-4-16(17)32-34-37)19-15(25)8-36-20(19)21(38-2)31-22(33-36)30-18-5-6-35(12-24(18,28)29)14-9-39-10-14/h3-4,7-8,14,18H,5-6,9-12H2,1-2H3,(H,30,33)/t18-/m1/s1. The molecule has 1 N–H and O–H groups in total. The monoisotopic (exact) mass is 552 g/mol. The molecule has 10 nitrogen and oxygen atoms in total. The quantitative estimate of drug-likeness (QED) is 0.349. The third kappa shape index (κ3) is 4.73. The van der Waals surface area contributed by atoms with Gasteiger partial charge >= 0.3 is 0 Å². The van der Waals surface area contributed by atoms with Crippen LogP contribution in [0, 0.1) is 5.82 Å². The van der Waals surface area contributed by atoms with Crippen molar-refractivity contribution in [3.05, 3.63) is 30.2 Å². The van der Waals surface area contributed by atoms with Crippen molar-refractivity contribution in [3.63, 3.8) is 0 Å². The molecule has 0 bridgehead atoms. The normalized spacial score (nSPS) is 20.4. The van der Waals surface area contributed by atoms with Crippen LogP contribution in [0.2, 0.25) is 0 Å². The number of nitrogens with one attached hydrogen (secondary N) is 1. The van der Waals surface area contributed by atoms with Gasteiger partial charge in [-0.05, 0) is 24.1 Å². The van der Waals surface area contributed by atoms with Crippen LogP contribution in [0.25, 0.3) is 27.7 Å². The summed E-state index contributed by atoms with van der Waals surface area (Å²) in [6.07, 6.45) is 1.23. The Labute approximate surface area is 218 Å². The predicted octanol–water partition coefficient (Wildman–Crippen LogP) is 3.46. The van der Waals surface area contributed by atoms with Crippen molar-refractivity contribution in [2.75, 3.05) is 38.7 Å². The molecule has 0 saturated carbocycles. The number of anilines is 1. The molecule has 2 fully saturated rings. The molecule has 4 aromatic rings. The lowest BCUT2D eigenvalue weighted by Gasteiger charge is -2.44. The van der Waals surface area contributed by atoms with E-state index in [9.17, 15) is 17.6 Å². The van der Waals surface area contributed by atoms with Crippen LogP contribution in [0.1, 0.15) is 13.3 Å². The van der Waals surface area contributed by atoms with E-state index in [-0.39, 0.29) is 40.9 Å². The van der Waals surface area contributed by atoms with E-state index in [4.69, 9.17) is 9.47 Å². The Morgan fingerprint density at radius 3 is 2.72 bits per heavy atom. The molecular formula is C24H25F5N8O2. The molecule has 3 aromatic heterocycles. The number of hydrogen-bond acceptors (Lipinski definition) is 8. The summed E-state index contributed by atoms with van der Waals surface area (Å²) in [6, 6.07) is 3.36. The molecule has 0 aliphatic carbocycles. The first kappa shape index (κ1) is 25.7. The highest BCUT2D eigenvalue weighted by atomic mass is 19.3. The second kappa shape index (κ2) is 9.26. The van der Waals surface area contributed by atoms with Gasteiger partial charge < -0.3 is 14.8 Å². The van der Waals surface area contributed by atoms with Gasteiger partial charge in [0.05, 0.1) is 56.2 Å². The van der Waals surface area contributed by atoms with Crippen molar-refractivity contribution in [3.8, 4) is 17.0 Å². The van der Waals surface area contributed by atoms with Crippen molar-refractivity contribution in [1.29, 1.82) is 0 Å². The lowest BCUT2D eigenvalue weighted by Crippen LogP contribution is -2.61. The summed E-state index contributed by atoms with van der Waals surface area (Å²) in [4.78, 5) is 5.97. The summed E-state index contributed by atoms with van der Waals surface area (Å²) in [7, 11) is 1.32. The van der Waals surface area contributed by atoms with E-state index in [2.05, 4.69) is 25.7 Å². The number of fused-ring (bicyclic) bond motifs is 2. The highest BCUT2D eigenvalue weighted by Crippen LogP contribution is 2.37. The van der Waals surface area contributed by atoms with Crippen LogP contribution in [0.5, 0.6) is 5.88 Å². The van der Waals surface area contributed by atoms with Crippen molar-refractivity contribution >= 4 is 22.5 Å². The van der Waals surface area contributed by atoms with Crippen LogP contribution in [0.4, 0.5) is 27.9 Å². The number of halogens is 5. The van der Waals surface area contributed by atoms with Crippen LogP contribution in [0.15, 0.2) is 24.4 Å². The Bertz CT molecular complexity index is 1530. The highest BCUT2D eigenvalue weighted by Gasteiger charge is 2.47. The maximum Gasteiger partial charge on any atom is 0.280 e. The Hall–Kier alpha value is -3.59. The Kier molecular flexibility index (Phi) is 6.10. The highest BCUT2D eigenvalue weighted by molar-refractivity contribution is 5.89. The maximum atomic E-state index is 15.3. The number of benzene rings is 1. The molecule has 2 aliphatic heterocycles. The smallest absolute Gasteiger partial charge is 0.280 e. The third-order valence-corrected chi connectivity index (χ3v) is 7.05. The molecule has 0 spiro atoms. The molecule has 39 heavy (non-hydrogen) atoms.